The van der Waals surface area contributed by atoms with Crippen molar-refractivity contribution in [2.24, 2.45) is 0 Å². The second-order valence-electron chi connectivity index (χ2n) is 1.50. The molecule has 0 radical (unpaired) electrons. The molecule has 0 aliphatic rings. The lowest BCUT2D eigenvalue weighted by Gasteiger charge is -1.89. The zero-order chi connectivity index (χ0) is 6.53. The Morgan fingerprint density at radius 2 is 2.56 bits per heavy atom. The summed E-state index contributed by atoms with van der Waals surface area (Å²) in [6.45, 7) is 0.200. The van der Waals surface area contributed by atoms with E-state index in [4.69, 9.17) is 9.52 Å². The van der Waals surface area contributed by atoms with Crippen LogP contribution in [0.2, 0.25) is 0 Å². The molecule has 0 aromatic carbocycles. The van der Waals surface area contributed by atoms with Gasteiger partial charge in [-0.05, 0) is 12.1 Å². The predicted octanol–water partition coefficient (Wildman–Crippen LogP) is 1.36. The van der Waals surface area contributed by atoms with Crippen molar-refractivity contribution in [2.45, 2.75) is 5.09 Å². The largest absolute Gasteiger partial charge is 0.458 e. The molecular formula is C6H8O2S. The molecule has 0 spiro atoms. The summed E-state index contributed by atoms with van der Waals surface area (Å²) in [6, 6.07) is 3.71. The molecule has 0 saturated heterocycles. The molecular weight excluding hydrogens is 136 g/mol. The van der Waals surface area contributed by atoms with Crippen molar-refractivity contribution in [3.05, 3.63) is 18.4 Å². The van der Waals surface area contributed by atoms with Crippen LogP contribution in [0.5, 0.6) is 0 Å². The molecule has 1 aromatic heterocycles. The van der Waals surface area contributed by atoms with Gasteiger partial charge in [0.25, 0.3) is 0 Å². The number of hydrogen-bond acceptors (Lipinski definition) is 3. The molecule has 0 fully saturated rings. The Morgan fingerprint density at radius 3 is 3.11 bits per heavy atom. The molecule has 0 atom stereocenters. The van der Waals surface area contributed by atoms with E-state index in [1.807, 2.05) is 12.1 Å². The maximum atomic E-state index is 8.40. The van der Waals surface area contributed by atoms with E-state index in [-0.39, 0.29) is 6.61 Å². The van der Waals surface area contributed by atoms with Crippen LogP contribution in [0.3, 0.4) is 0 Å². The Kier molecular flexibility index (Phi) is 2.67. The minimum absolute atomic E-state index is 0.200. The Hall–Kier alpha value is -0.410. The third-order valence-electron chi connectivity index (χ3n) is 0.831. The fourth-order valence-electron chi connectivity index (χ4n) is 0.492. The first kappa shape index (κ1) is 6.71. The SMILES string of the molecule is OCCSc1ccco1. The average Bonchev–Trinajstić information content (AvgIpc) is 2.34. The van der Waals surface area contributed by atoms with Gasteiger partial charge in [-0.1, -0.05) is 11.8 Å². The summed E-state index contributed by atoms with van der Waals surface area (Å²) in [5, 5.41) is 9.27. The molecule has 0 bridgehead atoms. The van der Waals surface area contributed by atoms with Crippen molar-refractivity contribution >= 4 is 11.8 Å². The number of aliphatic hydroxyl groups excluding tert-OH is 1. The van der Waals surface area contributed by atoms with Crippen molar-refractivity contribution in [3.8, 4) is 0 Å². The Labute approximate surface area is 57.9 Å². The van der Waals surface area contributed by atoms with Gasteiger partial charge >= 0.3 is 0 Å². The van der Waals surface area contributed by atoms with Gasteiger partial charge in [-0.25, -0.2) is 0 Å². The van der Waals surface area contributed by atoms with E-state index in [9.17, 15) is 0 Å². The van der Waals surface area contributed by atoms with E-state index in [2.05, 4.69) is 0 Å². The number of rotatable bonds is 3. The quantitative estimate of drug-likeness (QED) is 0.650. The van der Waals surface area contributed by atoms with Crippen LogP contribution < -0.4 is 0 Å². The minimum Gasteiger partial charge on any atom is -0.458 e. The molecule has 50 valence electrons. The van der Waals surface area contributed by atoms with Crippen molar-refractivity contribution in [1.29, 1.82) is 0 Å². The maximum Gasteiger partial charge on any atom is 0.160 e. The van der Waals surface area contributed by atoms with Gasteiger partial charge in [0.1, 0.15) is 0 Å². The van der Waals surface area contributed by atoms with Gasteiger partial charge in [0.05, 0.1) is 12.9 Å². The summed E-state index contributed by atoms with van der Waals surface area (Å²) in [7, 11) is 0. The van der Waals surface area contributed by atoms with Crippen LogP contribution in [0.15, 0.2) is 27.9 Å². The number of hydrogen-bond donors (Lipinski definition) is 1. The fraction of sp³-hybridized carbons (Fsp3) is 0.333. The fourth-order valence-corrected chi connectivity index (χ4v) is 1.08. The number of aliphatic hydroxyl groups is 1. The first-order chi connectivity index (χ1) is 4.43. The lowest BCUT2D eigenvalue weighted by Crippen LogP contribution is -1.83. The molecule has 3 heteroatoms. The normalized spacial score (nSPS) is 9.89. The standard InChI is InChI=1S/C6H8O2S/c7-3-5-9-6-2-1-4-8-6/h1-2,4,7H,3,5H2. The topological polar surface area (TPSA) is 33.4 Å². The maximum absolute atomic E-state index is 8.40. The van der Waals surface area contributed by atoms with Gasteiger partial charge in [-0.15, -0.1) is 0 Å². The molecule has 1 heterocycles. The molecule has 1 rings (SSSR count). The highest BCUT2D eigenvalue weighted by Crippen LogP contribution is 2.16. The van der Waals surface area contributed by atoms with Gasteiger partial charge in [0.2, 0.25) is 0 Å². The van der Waals surface area contributed by atoms with Gasteiger partial charge in [-0.2, -0.15) is 0 Å². The number of thioether (sulfide) groups is 1. The molecule has 1 aromatic rings. The van der Waals surface area contributed by atoms with Crippen molar-refractivity contribution < 1.29 is 9.52 Å². The minimum atomic E-state index is 0.200. The molecule has 0 saturated carbocycles. The highest BCUT2D eigenvalue weighted by Gasteiger charge is 1.92. The van der Waals surface area contributed by atoms with Gasteiger partial charge in [0.15, 0.2) is 5.09 Å². The summed E-state index contributed by atoms with van der Waals surface area (Å²) in [6.07, 6.45) is 1.62. The van der Waals surface area contributed by atoms with E-state index in [0.717, 1.165) is 5.09 Å². The van der Waals surface area contributed by atoms with Crippen LogP contribution in [-0.4, -0.2) is 17.5 Å². The summed E-state index contributed by atoms with van der Waals surface area (Å²) in [5.41, 5.74) is 0. The van der Waals surface area contributed by atoms with Crippen molar-refractivity contribution in [2.75, 3.05) is 12.4 Å². The third-order valence-corrected chi connectivity index (χ3v) is 1.73. The van der Waals surface area contributed by atoms with E-state index in [1.165, 1.54) is 11.8 Å². The number of furan rings is 1. The molecule has 0 amide bonds. The molecule has 0 unspecified atom stereocenters. The molecule has 0 aliphatic heterocycles. The van der Waals surface area contributed by atoms with Crippen LogP contribution in [0.25, 0.3) is 0 Å². The molecule has 0 aliphatic carbocycles. The average molecular weight is 144 g/mol. The Balaban J connectivity index is 2.30. The van der Waals surface area contributed by atoms with Crippen LogP contribution in [0, 0.1) is 0 Å². The van der Waals surface area contributed by atoms with E-state index in [0.29, 0.717) is 5.75 Å². The smallest absolute Gasteiger partial charge is 0.160 e. The summed E-state index contributed by atoms with van der Waals surface area (Å²) >= 11 is 1.51. The van der Waals surface area contributed by atoms with Crippen LogP contribution in [-0.2, 0) is 0 Å². The molecule has 1 N–H and O–H groups in total. The Morgan fingerprint density at radius 1 is 1.67 bits per heavy atom. The first-order valence-electron chi connectivity index (χ1n) is 2.70. The van der Waals surface area contributed by atoms with Crippen LogP contribution in [0.1, 0.15) is 0 Å². The highest BCUT2D eigenvalue weighted by atomic mass is 32.2. The lowest BCUT2D eigenvalue weighted by atomic mass is 10.7. The lowest BCUT2D eigenvalue weighted by molar-refractivity contribution is 0.322. The van der Waals surface area contributed by atoms with Crippen molar-refractivity contribution in [1.82, 2.24) is 0 Å². The first-order valence-corrected chi connectivity index (χ1v) is 3.69. The monoisotopic (exact) mass is 144 g/mol. The zero-order valence-electron chi connectivity index (χ0n) is 4.91. The van der Waals surface area contributed by atoms with Gasteiger partial charge in [-0.3, -0.25) is 0 Å². The molecule has 9 heavy (non-hydrogen) atoms. The zero-order valence-corrected chi connectivity index (χ0v) is 5.73. The predicted molar refractivity (Wildman–Crippen MR) is 36.5 cm³/mol. The highest BCUT2D eigenvalue weighted by molar-refractivity contribution is 7.99. The summed E-state index contributed by atoms with van der Waals surface area (Å²) in [4.78, 5) is 0. The summed E-state index contributed by atoms with van der Waals surface area (Å²) < 4.78 is 4.99. The van der Waals surface area contributed by atoms with E-state index in [1.54, 1.807) is 6.26 Å². The van der Waals surface area contributed by atoms with E-state index >= 15 is 0 Å². The van der Waals surface area contributed by atoms with Crippen molar-refractivity contribution in [3.63, 3.8) is 0 Å². The van der Waals surface area contributed by atoms with Gasteiger partial charge < -0.3 is 9.52 Å². The van der Waals surface area contributed by atoms with Crippen LogP contribution in [0.4, 0.5) is 0 Å². The van der Waals surface area contributed by atoms with Gasteiger partial charge in [0, 0.05) is 5.75 Å². The second-order valence-corrected chi connectivity index (χ2v) is 2.60. The second kappa shape index (κ2) is 3.58. The third kappa shape index (κ3) is 2.11. The summed E-state index contributed by atoms with van der Waals surface area (Å²) in [5.74, 6) is 0.702. The van der Waals surface area contributed by atoms with Crippen LogP contribution >= 0.6 is 11.8 Å². The Bertz CT molecular complexity index is 148. The molecule has 2 nitrogen and oxygen atoms in total. The van der Waals surface area contributed by atoms with E-state index < -0.39 is 0 Å².